The van der Waals surface area contributed by atoms with Gasteiger partial charge >= 0.3 is 6.09 Å². The SMILES string of the molecule is O=C(NCCN1CCCOC1=O)c1ccc(N2CCCC2)c(Cl)c1. The van der Waals surface area contributed by atoms with Gasteiger partial charge in [0.15, 0.2) is 0 Å². The van der Waals surface area contributed by atoms with Gasteiger partial charge in [0, 0.05) is 38.3 Å². The van der Waals surface area contributed by atoms with Gasteiger partial charge < -0.3 is 19.9 Å². The third kappa shape index (κ3) is 3.93. The molecule has 0 saturated carbocycles. The number of nitrogens with zero attached hydrogens (tertiary/aromatic N) is 2. The molecule has 0 atom stereocenters. The van der Waals surface area contributed by atoms with Crippen LogP contribution in [0.5, 0.6) is 0 Å². The highest BCUT2D eigenvalue weighted by Gasteiger charge is 2.20. The summed E-state index contributed by atoms with van der Waals surface area (Å²) >= 11 is 6.34. The Hall–Kier alpha value is -1.95. The van der Waals surface area contributed by atoms with E-state index in [-0.39, 0.29) is 12.0 Å². The first-order valence-electron chi connectivity index (χ1n) is 8.39. The lowest BCUT2D eigenvalue weighted by molar-refractivity contribution is 0.0719. The number of hydrogen-bond donors (Lipinski definition) is 1. The molecular formula is C17H22ClN3O3. The summed E-state index contributed by atoms with van der Waals surface area (Å²) in [5, 5.41) is 3.42. The predicted molar refractivity (Wildman–Crippen MR) is 92.8 cm³/mol. The van der Waals surface area contributed by atoms with Gasteiger partial charge in [-0.25, -0.2) is 4.79 Å². The lowest BCUT2D eigenvalue weighted by Crippen LogP contribution is -2.42. The monoisotopic (exact) mass is 351 g/mol. The van der Waals surface area contributed by atoms with Crippen LogP contribution in [0.3, 0.4) is 0 Å². The molecule has 2 saturated heterocycles. The fraction of sp³-hybridized carbons (Fsp3) is 0.529. The molecule has 2 aliphatic rings. The summed E-state index contributed by atoms with van der Waals surface area (Å²) in [5.74, 6) is -0.185. The van der Waals surface area contributed by atoms with Gasteiger partial charge in [0.05, 0.1) is 17.3 Å². The minimum atomic E-state index is -0.312. The zero-order valence-electron chi connectivity index (χ0n) is 13.6. The second-order valence-corrected chi connectivity index (χ2v) is 6.48. The van der Waals surface area contributed by atoms with Crippen molar-refractivity contribution in [3.8, 4) is 0 Å². The molecule has 2 heterocycles. The number of amides is 2. The Morgan fingerprint density at radius 3 is 2.71 bits per heavy atom. The lowest BCUT2D eigenvalue weighted by atomic mass is 10.2. The van der Waals surface area contributed by atoms with Crippen LogP contribution in [-0.4, -0.2) is 56.2 Å². The van der Waals surface area contributed by atoms with E-state index >= 15 is 0 Å². The van der Waals surface area contributed by atoms with E-state index in [4.69, 9.17) is 16.3 Å². The van der Waals surface area contributed by atoms with Crippen LogP contribution in [0.4, 0.5) is 10.5 Å². The van der Waals surface area contributed by atoms with Crippen molar-refractivity contribution in [2.24, 2.45) is 0 Å². The summed E-state index contributed by atoms with van der Waals surface area (Å²) < 4.78 is 4.96. The van der Waals surface area contributed by atoms with Gasteiger partial charge in [-0.2, -0.15) is 0 Å². The number of halogens is 1. The van der Waals surface area contributed by atoms with Gasteiger partial charge in [-0.05, 0) is 37.5 Å². The largest absolute Gasteiger partial charge is 0.449 e. The van der Waals surface area contributed by atoms with E-state index in [9.17, 15) is 9.59 Å². The molecule has 0 unspecified atom stereocenters. The smallest absolute Gasteiger partial charge is 0.409 e. The zero-order valence-corrected chi connectivity index (χ0v) is 14.3. The Bertz CT molecular complexity index is 617. The first-order chi connectivity index (χ1) is 11.6. The van der Waals surface area contributed by atoms with Crippen LogP contribution in [-0.2, 0) is 4.74 Å². The van der Waals surface area contributed by atoms with Crippen LogP contribution in [0.15, 0.2) is 18.2 Å². The Morgan fingerprint density at radius 2 is 2.00 bits per heavy atom. The maximum absolute atomic E-state index is 12.2. The molecule has 0 spiro atoms. The van der Waals surface area contributed by atoms with Crippen molar-refractivity contribution in [3.05, 3.63) is 28.8 Å². The fourth-order valence-electron chi connectivity index (χ4n) is 3.07. The van der Waals surface area contributed by atoms with E-state index in [1.54, 1.807) is 17.0 Å². The zero-order chi connectivity index (χ0) is 16.9. The third-order valence-corrected chi connectivity index (χ3v) is 4.68. The normalized spacial score (nSPS) is 17.8. The molecule has 1 aromatic rings. The summed E-state index contributed by atoms with van der Waals surface area (Å²) in [4.78, 5) is 27.6. The molecule has 2 amide bonds. The van der Waals surface area contributed by atoms with Crippen molar-refractivity contribution in [2.45, 2.75) is 19.3 Å². The Balaban J connectivity index is 1.53. The van der Waals surface area contributed by atoms with E-state index in [0.717, 1.165) is 25.2 Å². The molecule has 2 fully saturated rings. The molecule has 3 rings (SSSR count). The molecule has 0 aromatic heterocycles. The van der Waals surface area contributed by atoms with E-state index in [0.29, 0.717) is 36.8 Å². The molecule has 2 aliphatic heterocycles. The van der Waals surface area contributed by atoms with Crippen LogP contribution in [0.2, 0.25) is 5.02 Å². The minimum Gasteiger partial charge on any atom is -0.449 e. The van der Waals surface area contributed by atoms with Gasteiger partial charge in [-0.3, -0.25) is 4.79 Å². The van der Waals surface area contributed by atoms with Crippen LogP contribution in [0.25, 0.3) is 0 Å². The van der Waals surface area contributed by atoms with Crippen LogP contribution in [0.1, 0.15) is 29.6 Å². The minimum absolute atomic E-state index is 0.185. The molecule has 6 nitrogen and oxygen atoms in total. The molecule has 24 heavy (non-hydrogen) atoms. The van der Waals surface area contributed by atoms with Gasteiger partial charge in [0.25, 0.3) is 5.91 Å². The molecule has 0 bridgehead atoms. The van der Waals surface area contributed by atoms with Crippen molar-refractivity contribution in [1.29, 1.82) is 0 Å². The number of carbonyl (C=O) groups is 2. The van der Waals surface area contributed by atoms with Gasteiger partial charge in [-0.15, -0.1) is 0 Å². The van der Waals surface area contributed by atoms with E-state index < -0.39 is 0 Å². The molecule has 1 N–H and O–H groups in total. The molecule has 1 aromatic carbocycles. The van der Waals surface area contributed by atoms with Gasteiger partial charge in [-0.1, -0.05) is 11.6 Å². The highest BCUT2D eigenvalue weighted by atomic mass is 35.5. The number of carbonyl (C=O) groups excluding carboxylic acids is 2. The Morgan fingerprint density at radius 1 is 1.21 bits per heavy atom. The van der Waals surface area contributed by atoms with Gasteiger partial charge in [0.1, 0.15) is 0 Å². The molecule has 0 aliphatic carbocycles. The first-order valence-corrected chi connectivity index (χ1v) is 8.77. The van der Waals surface area contributed by atoms with Crippen molar-refractivity contribution < 1.29 is 14.3 Å². The Kier molecular flexibility index (Phi) is 5.45. The van der Waals surface area contributed by atoms with Crippen LogP contribution in [0, 0.1) is 0 Å². The molecule has 0 radical (unpaired) electrons. The average molecular weight is 352 g/mol. The highest BCUT2D eigenvalue weighted by molar-refractivity contribution is 6.33. The predicted octanol–water partition coefficient (Wildman–Crippen LogP) is 2.51. The summed E-state index contributed by atoms with van der Waals surface area (Å²) in [6.07, 6.45) is 2.87. The summed E-state index contributed by atoms with van der Waals surface area (Å²) in [7, 11) is 0. The summed E-state index contributed by atoms with van der Waals surface area (Å²) in [5.41, 5.74) is 1.52. The molecule has 7 heteroatoms. The summed E-state index contributed by atoms with van der Waals surface area (Å²) in [6.45, 7) is 4.01. The van der Waals surface area contributed by atoms with Crippen molar-refractivity contribution >= 4 is 29.3 Å². The second kappa shape index (κ2) is 7.75. The third-order valence-electron chi connectivity index (χ3n) is 4.38. The average Bonchev–Trinajstić information content (AvgIpc) is 3.10. The number of benzene rings is 1. The van der Waals surface area contributed by atoms with Crippen molar-refractivity contribution in [1.82, 2.24) is 10.2 Å². The topological polar surface area (TPSA) is 61.9 Å². The number of anilines is 1. The summed E-state index contributed by atoms with van der Waals surface area (Å²) in [6, 6.07) is 5.41. The van der Waals surface area contributed by atoms with Crippen molar-refractivity contribution in [2.75, 3.05) is 44.2 Å². The number of hydrogen-bond acceptors (Lipinski definition) is 4. The maximum atomic E-state index is 12.2. The number of cyclic esters (lactones) is 1. The number of nitrogens with one attached hydrogen (secondary N) is 1. The molecule has 130 valence electrons. The van der Waals surface area contributed by atoms with E-state index in [2.05, 4.69) is 10.2 Å². The van der Waals surface area contributed by atoms with E-state index in [1.165, 1.54) is 12.8 Å². The quantitative estimate of drug-likeness (QED) is 0.885. The number of ether oxygens (including phenoxy) is 1. The molecular weight excluding hydrogens is 330 g/mol. The second-order valence-electron chi connectivity index (χ2n) is 6.07. The first kappa shape index (κ1) is 16.9. The van der Waals surface area contributed by atoms with Crippen LogP contribution < -0.4 is 10.2 Å². The fourth-order valence-corrected chi connectivity index (χ4v) is 3.37. The van der Waals surface area contributed by atoms with Crippen LogP contribution >= 0.6 is 11.6 Å². The van der Waals surface area contributed by atoms with Crippen molar-refractivity contribution in [3.63, 3.8) is 0 Å². The van der Waals surface area contributed by atoms with E-state index in [1.807, 2.05) is 6.07 Å². The number of rotatable bonds is 5. The maximum Gasteiger partial charge on any atom is 0.409 e. The highest BCUT2D eigenvalue weighted by Crippen LogP contribution is 2.29. The van der Waals surface area contributed by atoms with Gasteiger partial charge in [0.2, 0.25) is 0 Å². The lowest BCUT2D eigenvalue weighted by Gasteiger charge is -2.26. The Labute approximate surface area is 146 Å². The standard InChI is InChI=1S/C17H22ClN3O3/c18-14-12-13(4-5-15(14)20-7-1-2-8-20)16(22)19-6-10-21-9-3-11-24-17(21)23/h4-5,12H,1-3,6-11H2,(H,19,22).